The number of pyridine rings is 2. The summed E-state index contributed by atoms with van der Waals surface area (Å²) in [4.78, 5) is 33.9. The Kier molecular flexibility index (Phi) is 6.26. The van der Waals surface area contributed by atoms with E-state index in [0.717, 1.165) is 12.8 Å². The minimum Gasteiger partial charge on any atom is -0.444 e. The van der Waals surface area contributed by atoms with Crippen molar-refractivity contribution in [2.75, 3.05) is 10.6 Å². The molecule has 2 amide bonds. The molecule has 1 aliphatic carbocycles. The molecule has 33 heavy (non-hydrogen) atoms. The number of amides is 2. The van der Waals surface area contributed by atoms with Crippen LogP contribution in [-0.4, -0.2) is 33.6 Å². The number of aromatic nitrogens is 2. The lowest BCUT2D eigenvalue weighted by Crippen LogP contribution is -2.36. The lowest BCUT2D eigenvalue weighted by atomic mass is 10.1. The SMILES string of the molecule is CC(C)(C)OC(=O)Nc1cc(Nc2cccnc2)nc(C(=O)NC2Cc3ccccc3C2)c1. The first-order valence-corrected chi connectivity index (χ1v) is 10.8. The van der Waals surface area contributed by atoms with Crippen molar-refractivity contribution in [1.82, 2.24) is 15.3 Å². The predicted molar refractivity (Wildman–Crippen MR) is 127 cm³/mol. The average Bonchev–Trinajstić information content (AvgIpc) is 3.15. The van der Waals surface area contributed by atoms with E-state index < -0.39 is 11.7 Å². The molecule has 4 rings (SSSR count). The van der Waals surface area contributed by atoms with Gasteiger partial charge in [0.25, 0.3) is 5.91 Å². The van der Waals surface area contributed by atoms with E-state index in [9.17, 15) is 9.59 Å². The fourth-order valence-corrected chi connectivity index (χ4v) is 3.71. The standard InChI is InChI=1S/C25H27N5O3/c1-25(2,3)33-24(32)29-20-13-21(30-22(14-20)27-18-9-6-10-26-15-18)23(31)28-19-11-16-7-4-5-8-17(16)12-19/h4-10,13-15,19H,11-12H2,1-3H3,(H,28,31)(H2,27,29,30,32). The summed E-state index contributed by atoms with van der Waals surface area (Å²) in [6.45, 7) is 5.35. The number of nitrogens with one attached hydrogen (secondary N) is 3. The number of fused-ring (bicyclic) bond motifs is 1. The summed E-state index contributed by atoms with van der Waals surface area (Å²) in [5.74, 6) is 0.0892. The van der Waals surface area contributed by atoms with E-state index in [1.165, 1.54) is 17.2 Å². The molecule has 2 aromatic heterocycles. The van der Waals surface area contributed by atoms with Gasteiger partial charge in [0.2, 0.25) is 0 Å². The topological polar surface area (TPSA) is 105 Å². The molecular weight excluding hydrogens is 418 g/mol. The minimum absolute atomic E-state index is 0.00564. The second-order valence-corrected chi connectivity index (χ2v) is 8.97. The van der Waals surface area contributed by atoms with Gasteiger partial charge in [-0.25, -0.2) is 9.78 Å². The number of ether oxygens (including phenoxy) is 1. The number of carbonyl (C=O) groups is 2. The molecule has 0 saturated carbocycles. The van der Waals surface area contributed by atoms with Crippen LogP contribution in [0.25, 0.3) is 0 Å². The number of nitrogens with zero attached hydrogens (tertiary/aromatic N) is 2. The van der Waals surface area contributed by atoms with Crippen LogP contribution in [0.15, 0.2) is 60.9 Å². The Morgan fingerprint density at radius 2 is 1.73 bits per heavy atom. The second kappa shape index (κ2) is 9.28. The first-order valence-electron chi connectivity index (χ1n) is 10.8. The second-order valence-electron chi connectivity index (χ2n) is 8.97. The fraction of sp³-hybridized carbons (Fsp3) is 0.280. The number of carbonyl (C=O) groups excluding carboxylic acids is 2. The molecule has 0 bridgehead atoms. The van der Waals surface area contributed by atoms with E-state index in [0.29, 0.717) is 17.2 Å². The highest BCUT2D eigenvalue weighted by Crippen LogP contribution is 2.23. The maximum atomic E-state index is 13.1. The first kappa shape index (κ1) is 22.3. The molecule has 3 N–H and O–H groups in total. The van der Waals surface area contributed by atoms with Gasteiger partial charge in [-0.2, -0.15) is 0 Å². The van der Waals surface area contributed by atoms with Crippen molar-refractivity contribution in [2.45, 2.75) is 45.3 Å². The summed E-state index contributed by atoms with van der Waals surface area (Å²) in [6.07, 6.45) is 4.25. The van der Waals surface area contributed by atoms with Crippen molar-refractivity contribution >= 4 is 29.2 Å². The molecule has 0 unspecified atom stereocenters. The molecule has 8 heteroatoms. The van der Waals surface area contributed by atoms with Crippen molar-refractivity contribution in [3.05, 3.63) is 77.7 Å². The van der Waals surface area contributed by atoms with Crippen molar-refractivity contribution in [2.24, 2.45) is 0 Å². The first-order chi connectivity index (χ1) is 15.7. The quantitative estimate of drug-likeness (QED) is 0.535. The highest BCUT2D eigenvalue weighted by molar-refractivity contribution is 5.95. The van der Waals surface area contributed by atoms with Crippen molar-refractivity contribution in [1.29, 1.82) is 0 Å². The predicted octanol–water partition coefficient (Wildman–Crippen LogP) is 4.46. The van der Waals surface area contributed by atoms with E-state index in [4.69, 9.17) is 4.74 Å². The third-order valence-electron chi connectivity index (χ3n) is 5.02. The van der Waals surface area contributed by atoms with Crippen molar-refractivity contribution in [3.63, 3.8) is 0 Å². The lowest BCUT2D eigenvalue weighted by molar-refractivity contribution is 0.0635. The van der Waals surface area contributed by atoms with Gasteiger partial charge in [0.15, 0.2) is 0 Å². The van der Waals surface area contributed by atoms with E-state index >= 15 is 0 Å². The average molecular weight is 446 g/mol. The number of hydrogen-bond acceptors (Lipinski definition) is 6. The number of rotatable bonds is 5. The van der Waals surface area contributed by atoms with Gasteiger partial charge in [-0.15, -0.1) is 0 Å². The maximum absolute atomic E-state index is 13.1. The molecule has 2 heterocycles. The third kappa shape index (κ3) is 6.06. The zero-order valence-corrected chi connectivity index (χ0v) is 18.9. The summed E-state index contributed by atoms with van der Waals surface area (Å²) in [6, 6.07) is 15.0. The van der Waals surface area contributed by atoms with Crippen LogP contribution in [0.5, 0.6) is 0 Å². The van der Waals surface area contributed by atoms with E-state index in [1.54, 1.807) is 45.3 Å². The van der Waals surface area contributed by atoms with E-state index in [-0.39, 0.29) is 17.6 Å². The highest BCUT2D eigenvalue weighted by Gasteiger charge is 2.24. The van der Waals surface area contributed by atoms with Crippen LogP contribution < -0.4 is 16.0 Å². The molecule has 0 atom stereocenters. The molecule has 170 valence electrons. The zero-order valence-electron chi connectivity index (χ0n) is 18.9. The normalized spacial score (nSPS) is 13.2. The van der Waals surface area contributed by atoms with Gasteiger partial charge in [0.05, 0.1) is 17.6 Å². The number of benzene rings is 1. The van der Waals surface area contributed by atoms with Crippen LogP contribution in [0, 0.1) is 0 Å². The summed E-state index contributed by atoms with van der Waals surface area (Å²) in [5, 5.41) is 8.88. The largest absolute Gasteiger partial charge is 0.444 e. The third-order valence-corrected chi connectivity index (χ3v) is 5.02. The Morgan fingerprint density at radius 1 is 1.00 bits per heavy atom. The van der Waals surface area contributed by atoms with Crippen molar-refractivity contribution in [3.8, 4) is 0 Å². The van der Waals surface area contributed by atoms with Gasteiger partial charge < -0.3 is 15.4 Å². The molecule has 0 saturated heterocycles. The molecule has 1 aromatic carbocycles. The number of anilines is 3. The van der Waals surface area contributed by atoms with Crippen molar-refractivity contribution < 1.29 is 14.3 Å². The monoisotopic (exact) mass is 445 g/mol. The molecule has 0 aliphatic heterocycles. The van der Waals surface area contributed by atoms with Crippen LogP contribution in [0.2, 0.25) is 0 Å². The van der Waals surface area contributed by atoms with E-state index in [1.807, 2.05) is 18.2 Å². The summed E-state index contributed by atoms with van der Waals surface area (Å²) >= 11 is 0. The fourth-order valence-electron chi connectivity index (χ4n) is 3.71. The van der Waals surface area contributed by atoms with Crippen LogP contribution in [0.3, 0.4) is 0 Å². The van der Waals surface area contributed by atoms with Gasteiger partial charge in [-0.1, -0.05) is 24.3 Å². The van der Waals surface area contributed by atoms with Gasteiger partial charge in [0.1, 0.15) is 17.1 Å². The highest BCUT2D eigenvalue weighted by atomic mass is 16.6. The summed E-state index contributed by atoms with van der Waals surface area (Å²) in [7, 11) is 0. The van der Waals surface area contributed by atoms with Gasteiger partial charge in [0, 0.05) is 18.3 Å². The Bertz CT molecular complexity index is 1130. The molecular formula is C25H27N5O3. The van der Waals surface area contributed by atoms with Gasteiger partial charge in [-0.3, -0.25) is 15.1 Å². The summed E-state index contributed by atoms with van der Waals surface area (Å²) < 4.78 is 5.34. The molecule has 0 radical (unpaired) electrons. The Balaban J connectivity index is 1.54. The maximum Gasteiger partial charge on any atom is 0.412 e. The summed E-state index contributed by atoms with van der Waals surface area (Å²) in [5.41, 5.74) is 3.13. The van der Waals surface area contributed by atoms with Crippen LogP contribution in [0.1, 0.15) is 42.4 Å². The van der Waals surface area contributed by atoms with E-state index in [2.05, 4.69) is 38.1 Å². The Labute approximate surface area is 192 Å². The molecule has 0 fully saturated rings. The lowest BCUT2D eigenvalue weighted by Gasteiger charge is -2.20. The Hall–Kier alpha value is -3.94. The van der Waals surface area contributed by atoms with Gasteiger partial charge in [-0.05, 0) is 62.9 Å². The van der Waals surface area contributed by atoms with Gasteiger partial charge >= 0.3 is 6.09 Å². The zero-order chi connectivity index (χ0) is 23.4. The number of hydrogen-bond donors (Lipinski definition) is 3. The molecule has 3 aromatic rings. The molecule has 8 nitrogen and oxygen atoms in total. The van der Waals surface area contributed by atoms with Crippen LogP contribution >= 0.6 is 0 Å². The minimum atomic E-state index is -0.647. The smallest absolute Gasteiger partial charge is 0.412 e. The molecule has 1 aliphatic rings. The Morgan fingerprint density at radius 3 is 2.36 bits per heavy atom. The van der Waals surface area contributed by atoms with Crippen LogP contribution in [-0.2, 0) is 17.6 Å². The molecule has 0 spiro atoms. The van der Waals surface area contributed by atoms with Crippen LogP contribution in [0.4, 0.5) is 22.0 Å².